The van der Waals surface area contributed by atoms with Gasteiger partial charge in [-0.1, -0.05) is 0 Å². The first kappa shape index (κ1) is 21.6. The van der Waals surface area contributed by atoms with Crippen LogP contribution in [-0.2, 0) is 16.2 Å². The van der Waals surface area contributed by atoms with E-state index in [-0.39, 0.29) is 37.5 Å². The summed E-state index contributed by atoms with van der Waals surface area (Å²) in [7, 11) is -2.68. The number of halogens is 4. The summed E-state index contributed by atoms with van der Waals surface area (Å²) in [6, 6.07) is 1.68. The quantitative estimate of drug-likeness (QED) is 0.601. The Hall–Kier alpha value is -1.43. The number of hydrogen-bond acceptors (Lipinski definition) is 5. The Morgan fingerprint density at radius 1 is 1.40 bits per heavy atom. The maximum absolute atomic E-state index is 13.2. The molecular formula is C13H17ClF3N3O4S. The van der Waals surface area contributed by atoms with E-state index in [0.29, 0.717) is 19.0 Å². The topological polar surface area (TPSA) is 92.6 Å². The van der Waals surface area contributed by atoms with Gasteiger partial charge in [0.1, 0.15) is 0 Å². The molecule has 7 nitrogen and oxygen atoms in total. The van der Waals surface area contributed by atoms with Gasteiger partial charge in [-0.3, -0.25) is 10.1 Å². The zero-order chi connectivity index (χ0) is 18.1. The van der Waals surface area contributed by atoms with E-state index >= 15 is 0 Å². The fourth-order valence-corrected chi connectivity index (χ4v) is 4.41. The lowest BCUT2D eigenvalue weighted by molar-refractivity contribution is -0.385. The second-order valence-corrected chi connectivity index (χ2v) is 7.42. The van der Waals surface area contributed by atoms with Gasteiger partial charge in [-0.2, -0.15) is 17.5 Å². The summed E-state index contributed by atoms with van der Waals surface area (Å²) >= 11 is 0. The highest BCUT2D eigenvalue weighted by Crippen LogP contribution is 2.38. The Morgan fingerprint density at radius 2 is 2.04 bits per heavy atom. The maximum atomic E-state index is 13.2. The van der Waals surface area contributed by atoms with Crippen LogP contribution >= 0.6 is 12.4 Å². The minimum atomic E-state index is -5.02. The predicted molar refractivity (Wildman–Crippen MR) is 86.1 cm³/mol. The SMILES string of the molecule is CNCC1CCN(S(=O)(=O)c2ccc([N+](=O)[O-])cc2C(F)(F)F)C1.Cl. The molecule has 0 aliphatic carbocycles. The Kier molecular flexibility index (Phi) is 6.79. The molecule has 1 aliphatic rings. The van der Waals surface area contributed by atoms with Gasteiger partial charge in [0.25, 0.3) is 5.69 Å². The van der Waals surface area contributed by atoms with Gasteiger partial charge in [0.15, 0.2) is 0 Å². The van der Waals surface area contributed by atoms with E-state index in [1.54, 1.807) is 7.05 Å². The highest BCUT2D eigenvalue weighted by molar-refractivity contribution is 7.89. The van der Waals surface area contributed by atoms with Crippen LogP contribution in [0.15, 0.2) is 23.1 Å². The van der Waals surface area contributed by atoms with Gasteiger partial charge in [-0.25, -0.2) is 8.42 Å². The van der Waals surface area contributed by atoms with Gasteiger partial charge in [-0.05, 0) is 32.0 Å². The predicted octanol–water partition coefficient (Wildman–Crippen LogP) is 2.27. The molecule has 25 heavy (non-hydrogen) atoms. The average molecular weight is 404 g/mol. The van der Waals surface area contributed by atoms with Crippen molar-refractivity contribution in [2.24, 2.45) is 5.92 Å². The van der Waals surface area contributed by atoms with Crippen LogP contribution in [0.5, 0.6) is 0 Å². The first-order chi connectivity index (χ1) is 11.1. The number of rotatable bonds is 5. The highest BCUT2D eigenvalue weighted by Gasteiger charge is 2.42. The number of nitrogens with zero attached hydrogens (tertiary/aromatic N) is 2. The zero-order valence-corrected chi connectivity index (χ0v) is 14.7. The van der Waals surface area contributed by atoms with Crippen LogP contribution in [0, 0.1) is 16.0 Å². The van der Waals surface area contributed by atoms with Crippen LogP contribution in [0.25, 0.3) is 0 Å². The number of non-ortho nitro benzene ring substituents is 1. The monoisotopic (exact) mass is 403 g/mol. The molecule has 0 spiro atoms. The molecule has 0 saturated carbocycles. The van der Waals surface area contributed by atoms with E-state index in [0.717, 1.165) is 10.4 Å². The van der Waals surface area contributed by atoms with Crippen LogP contribution in [0.2, 0.25) is 0 Å². The summed E-state index contributed by atoms with van der Waals surface area (Å²) in [5, 5.41) is 13.6. The van der Waals surface area contributed by atoms with Gasteiger partial charge in [-0.15, -0.1) is 12.4 Å². The fourth-order valence-electron chi connectivity index (χ4n) is 2.69. The van der Waals surface area contributed by atoms with Crippen molar-refractivity contribution >= 4 is 28.1 Å². The highest BCUT2D eigenvalue weighted by atomic mass is 35.5. The minimum Gasteiger partial charge on any atom is -0.319 e. The molecule has 1 aliphatic heterocycles. The largest absolute Gasteiger partial charge is 0.417 e. The number of nitro groups is 1. The number of hydrogen-bond donors (Lipinski definition) is 1. The molecule has 0 bridgehead atoms. The molecule has 0 aromatic heterocycles. The summed E-state index contributed by atoms with van der Waals surface area (Å²) in [5.74, 6) is 0.0113. The molecular weight excluding hydrogens is 387 g/mol. The first-order valence-electron chi connectivity index (χ1n) is 7.07. The van der Waals surface area contributed by atoms with Crippen molar-refractivity contribution in [1.29, 1.82) is 0 Å². The normalized spacial score (nSPS) is 18.8. The Morgan fingerprint density at radius 3 is 2.56 bits per heavy atom. The van der Waals surface area contributed by atoms with Crippen molar-refractivity contribution in [2.45, 2.75) is 17.5 Å². The number of nitro benzene ring substituents is 1. The van der Waals surface area contributed by atoms with Crippen LogP contribution in [0.4, 0.5) is 18.9 Å². The summed E-state index contributed by atoms with van der Waals surface area (Å²) < 4.78 is 65.7. The molecule has 12 heteroatoms. The van der Waals surface area contributed by atoms with Gasteiger partial charge in [0.2, 0.25) is 10.0 Å². The summed E-state index contributed by atoms with van der Waals surface area (Å²) in [6.45, 7) is 0.777. The fraction of sp³-hybridized carbons (Fsp3) is 0.538. The van der Waals surface area contributed by atoms with E-state index in [4.69, 9.17) is 0 Å². The van der Waals surface area contributed by atoms with Crippen molar-refractivity contribution in [3.63, 3.8) is 0 Å². The molecule has 2 rings (SSSR count). The van der Waals surface area contributed by atoms with E-state index in [2.05, 4.69) is 5.32 Å². The third-order valence-corrected chi connectivity index (χ3v) is 5.76. The lowest BCUT2D eigenvalue weighted by Crippen LogP contribution is -2.32. The van der Waals surface area contributed by atoms with Gasteiger partial charge < -0.3 is 5.32 Å². The Balaban J connectivity index is 0.00000312. The van der Waals surface area contributed by atoms with Gasteiger partial charge in [0.05, 0.1) is 15.4 Å². The van der Waals surface area contributed by atoms with E-state index < -0.39 is 37.3 Å². The third-order valence-electron chi connectivity index (χ3n) is 3.84. The molecule has 1 unspecified atom stereocenters. The molecule has 1 atom stereocenters. The van der Waals surface area contributed by atoms with Gasteiger partial charge >= 0.3 is 6.18 Å². The van der Waals surface area contributed by atoms with Crippen LogP contribution in [0.3, 0.4) is 0 Å². The van der Waals surface area contributed by atoms with Crippen molar-refractivity contribution in [1.82, 2.24) is 9.62 Å². The summed E-state index contributed by atoms with van der Waals surface area (Å²) in [5.41, 5.74) is -2.33. The van der Waals surface area contributed by atoms with Crippen molar-refractivity contribution in [2.75, 3.05) is 26.7 Å². The molecule has 1 heterocycles. The molecule has 1 N–H and O–H groups in total. The summed E-state index contributed by atoms with van der Waals surface area (Å²) in [6.07, 6.45) is -4.48. The van der Waals surface area contributed by atoms with E-state index in [1.807, 2.05) is 0 Å². The lowest BCUT2D eigenvalue weighted by atomic mass is 10.1. The number of sulfonamides is 1. The van der Waals surface area contributed by atoms with Crippen molar-refractivity contribution < 1.29 is 26.5 Å². The molecule has 1 saturated heterocycles. The molecule has 1 aromatic rings. The maximum Gasteiger partial charge on any atom is 0.417 e. The minimum absolute atomic E-state index is 0. The standard InChI is InChI=1S/C13H16F3N3O4S.ClH/c1-17-7-9-4-5-18(8-9)24(22,23)12-3-2-10(19(20)21)6-11(12)13(14,15)16;/h2-3,6,9,17H,4-5,7-8H2,1H3;1H. The third kappa shape index (κ3) is 4.60. The molecule has 142 valence electrons. The summed E-state index contributed by atoms with van der Waals surface area (Å²) in [4.78, 5) is 8.73. The molecule has 1 aromatic carbocycles. The van der Waals surface area contributed by atoms with Crippen molar-refractivity contribution in [3.05, 3.63) is 33.9 Å². The van der Waals surface area contributed by atoms with Crippen LogP contribution in [-0.4, -0.2) is 44.3 Å². The number of alkyl halides is 3. The number of nitrogens with one attached hydrogen (secondary N) is 1. The first-order valence-corrected chi connectivity index (χ1v) is 8.51. The lowest BCUT2D eigenvalue weighted by Gasteiger charge is -2.19. The second kappa shape index (κ2) is 7.85. The second-order valence-electron chi connectivity index (χ2n) is 5.51. The Labute approximate surface area is 148 Å². The van der Waals surface area contributed by atoms with E-state index in [1.165, 1.54) is 0 Å². The van der Waals surface area contributed by atoms with Gasteiger partial charge in [0, 0.05) is 25.2 Å². The number of benzene rings is 1. The molecule has 0 radical (unpaired) electrons. The van der Waals surface area contributed by atoms with E-state index in [9.17, 15) is 31.7 Å². The smallest absolute Gasteiger partial charge is 0.319 e. The molecule has 1 fully saturated rings. The van der Waals surface area contributed by atoms with Crippen molar-refractivity contribution in [3.8, 4) is 0 Å². The molecule has 0 amide bonds. The van der Waals surface area contributed by atoms with Crippen LogP contribution in [0.1, 0.15) is 12.0 Å². The zero-order valence-electron chi connectivity index (χ0n) is 13.1. The average Bonchev–Trinajstić information content (AvgIpc) is 2.95. The van der Waals surface area contributed by atoms with Crippen LogP contribution < -0.4 is 5.32 Å². The Bertz CT molecular complexity index is 743.